The highest BCUT2D eigenvalue weighted by molar-refractivity contribution is 7.81. The Hall–Kier alpha value is -3.49. The minimum absolute atomic E-state index is 0.0421. The zero-order chi connectivity index (χ0) is 24.3. The molecular formula is C23H18F3N5O2S. The Kier molecular flexibility index (Phi) is 5.11. The smallest absolute Gasteiger partial charge is 0.395 e. The zero-order valence-corrected chi connectivity index (χ0v) is 18.5. The van der Waals surface area contributed by atoms with Crippen molar-refractivity contribution in [3.63, 3.8) is 0 Å². The summed E-state index contributed by atoms with van der Waals surface area (Å²) < 4.78 is 42.5. The maximum atomic E-state index is 13.6. The van der Waals surface area contributed by atoms with E-state index < -0.39 is 28.9 Å². The summed E-state index contributed by atoms with van der Waals surface area (Å²) in [6.07, 6.45) is -0.0905. The van der Waals surface area contributed by atoms with Gasteiger partial charge in [0.05, 0.1) is 29.6 Å². The molecule has 34 heavy (non-hydrogen) atoms. The molecule has 11 heteroatoms. The number of carbonyl (C=O) groups is 1. The molecule has 1 saturated heterocycles. The number of aliphatic hydroxyl groups is 1. The molecule has 1 aliphatic heterocycles. The molecule has 3 heterocycles. The van der Waals surface area contributed by atoms with Crippen molar-refractivity contribution in [3.05, 3.63) is 54.0 Å². The summed E-state index contributed by atoms with van der Waals surface area (Å²) >= 11 is 5.65. The molecule has 1 amide bonds. The maximum Gasteiger partial charge on any atom is 0.419 e. The van der Waals surface area contributed by atoms with Gasteiger partial charge in [-0.1, -0.05) is 6.07 Å². The lowest BCUT2D eigenvalue weighted by Gasteiger charge is -2.43. The average Bonchev–Trinajstić information content (AvgIpc) is 3.28. The van der Waals surface area contributed by atoms with Gasteiger partial charge < -0.3 is 14.6 Å². The van der Waals surface area contributed by atoms with Gasteiger partial charge in [0.1, 0.15) is 11.6 Å². The van der Waals surface area contributed by atoms with Gasteiger partial charge in [-0.25, -0.2) is 4.98 Å². The van der Waals surface area contributed by atoms with Crippen LogP contribution in [0.3, 0.4) is 0 Å². The lowest BCUT2D eigenvalue weighted by molar-refractivity contribution is -0.138. The standard InChI is InChI=1S/C23H18F3N5O2S/c24-23(25,26)17-10-16(13-28-18(17)12-27)30-20(33)22(5-1-6-22)31(21(30)34)15-3-2-14-4-7-29(8-9-32)19(14)11-15/h2-4,7,10-11,13,32H,1,5-6,8-9H2. The third kappa shape index (κ3) is 3.17. The highest BCUT2D eigenvalue weighted by Crippen LogP contribution is 2.48. The van der Waals surface area contributed by atoms with E-state index in [1.165, 1.54) is 6.07 Å². The van der Waals surface area contributed by atoms with Crippen LogP contribution < -0.4 is 9.80 Å². The molecule has 174 valence electrons. The first kappa shape index (κ1) is 22.3. The molecule has 0 atom stereocenters. The molecule has 0 radical (unpaired) electrons. The Bertz CT molecular complexity index is 1370. The minimum Gasteiger partial charge on any atom is -0.395 e. The SMILES string of the molecule is N#Cc1ncc(N2C(=O)C3(CCC3)N(c3ccc4ccn(CCO)c4c3)C2=S)cc1C(F)(F)F. The number of hydrogen-bond acceptors (Lipinski definition) is 5. The second-order valence-corrected chi connectivity index (χ2v) is 8.68. The van der Waals surface area contributed by atoms with Gasteiger partial charge in [0, 0.05) is 18.4 Å². The number of hydrogen-bond donors (Lipinski definition) is 1. The number of benzene rings is 1. The summed E-state index contributed by atoms with van der Waals surface area (Å²) in [6, 6.07) is 9.68. The van der Waals surface area contributed by atoms with E-state index >= 15 is 0 Å². The van der Waals surface area contributed by atoms with Crippen molar-refractivity contribution in [2.45, 2.75) is 37.5 Å². The molecule has 1 aromatic carbocycles. The molecular weight excluding hydrogens is 467 g/mol. The van der Waals surface area contributed by atoms with E-state index in [-0.39, 0.29) is 17.4 Å². The topological polar surface area (TPSA) is 85.4 Å². The van der Waals surface area contributed by atoms with Crippen LogP contribution in [0.1, 0.15) is 30.5 Å². The Morgan fingerprint density at radius 2 is 1.97 bits per heavy atom. The van der Waals surface area contributed by atoms with Gasteiger partial charge in [0.15, 0.2) is 10.8 Å². The van der Waals surface area contributed by atoms with E-state index in [1.54, 1.807) is 4.90 Å². The Labute approximate surface area is 197 Å². The van der Waals surface area contributed by atoms with E-state index in [9.17, 15) is 23.1 Å². The first-order valence-electron chi connectivity index (χ1n) is 10.6. The van der Waals surface area contributed by atoms with Crippen molar-refractivity contribution in [2.75, 3.05) is 16.4 Å². The fourth-order valence-electron chi connectivity index (χ4n) is 4.70. The van der Waals surface area contributed by atoms with E-state index in [2.05, 4.69) is 4.98 Å². The van der Waals surface area contributed by atoms with Gasteiger partial charge in [-0.05, 0) is 61.1 Å². The fourth-order valence-corrected chi connectivity index (χ4v) is 5.17. The van der Waals surface area contributed by atoms with Crippen molar-refractivity contribution in [1.29, 1.82) is 5.26 Å². The predicted octanol–water partition coefficient (Wildman–Crippen LogP) is 3.98. The van der Waals surface area contributed by atoms with Crippen LogP contribution in [-0.4, -0.2) is 37.8 Å². The number of halogens is 3. The third-order valence-electron chi connectivity index (χ3n) is 6.49. The van der Waals surface area contributed by atoms with Crippen molar-refractivity contribution < 1.29 is 23.1 Å². The van der Waals surface area contributed by atoms with Gasteiger partial charge in [-0.15, -0.1) is 0 Å². The average molecular weight is 485 g/mol. The van der Waals surface area contributed by atoms with Crippen molar-refractivity contribution in [3.8, 4) is 6.07 Å². The highest BCUT2D eigenvalue weighted by atomic mass is 32.1. The van der Waals surface area contributed by atoms with Crippen LogP contribution in [0.2, 0.25) is 0 Å². The van der Waals surface area contributed by atoms with E-state index in [1.807, 2.05) is 35.0 Å². The molecule has 2 aliphatic rings. The van der Waals surface area contributed by atoms with Crippen LogP contribution in [0.15, 0.2) is 42.7 Å². The lowest BCUT2D eigenvalue weighted by Crippen LogP contribution is -2.55. The summed E-state index contributed by atoms with van der Waals surface area (Å²) in [6.45, 7) is 0.351. The monoisotopic (exact) mass is 485 g/mol. The number of anilines is 2. The number of aliphatic hydroxyl groups excluding tert-OH is 1. The molecule has 5 rings (SSSR count). The molecule has 2 fully saturated rings. The normalized spacial score (nSPS) is 17.5. The number of carbonyl (C=O) groups excluding carboxylic acids is 1. The molecule has 3 aromatic rings. The van der Waals surface area contributed by atoms with Gasteiger partial charge in [0.2, 0.25) is 0 Å². The van der Waals surface area contributed by atoms with Crippen LogP contribution in [0.25, 0.3) is 10.9 Å². The number of fused-ring (bicyclic) bond motifs is 1. The summed E-state index contributed by atoms with van der Waals surface area (Å²) in [5.74, 6) is -0.408. The maximum absolute atomic E-state index is 13.6. The van der Waals surface area contributed by atoms with Gasteiger partial charge in [-0.3, -0.25) is 9.69 Å². The number of pyridine rings is 1. The van der Waals surface area contributed by atoms with E-state index in [0.717, 1.165) is 34.5 Å². The molecule has 1 aliphatic carbocycles. The number of rotatable bonds is 4. The Morgan fingerprint density at radius 1 is 1.21 bits per heavy atom. The van der Waals surface area contributed by atoms with Gasteiger partial charge >= 0.3 is 6.18 Å². The number of nitriles is 1. The second-order valence-electron chi connectivity index (χ2n) is 8.32. The first-order valence-corrected chi connectivity index (χ1v) is 11.0. The number of amides is 1. The molecule has 1 N–H and O–H groups in total. The van der Waals surface area contributed by atoms with Gasteiger partial charge in [0.25, 0.3) is 5.91 Å². The first-order chi connectivity index (χ1) is 16.2. The number of aromatic nitrogens is 2. The number of nitrogens with zero attached hydrogens (tertiary/aromatic N) is 5. The molecule has 0 bridgehead atoms. The minimum atomic E-state index is -4.81. The molecule has 7 nitrogen and oxygen atoms in total. The number of thiocarbonyl (C=S) groups is 1. The van der Waals surface area contributed by atoms with Crippen LogP contribution in [0.4, 0.5) is 24.5 Å². The summed E-state index contributed by atoms with van der Waals surface area (Å²) in [4.78, 5) is 20.0. The third-order valence-corrected chi connectivity index (χ3v) is 6.86. The number of alkyl halides is 3. The van der Waals surface area contributed by atoms with E-state index in [4.69, 9.17) is 17.5 Å². The molecule has 2 aromatic heterocycles. The van der Waals surface area contributed by atoms with Crippen LogP contribution >= 0.6 is 12.2 Å². The largest absolute Gasteiger partial charge is 0.419 e. The Morgan fingerprint density at radius 3 is 2.59 bits per heavy atom. The Balaban J connectivity index is 1.61. The van der Waals surface area contributed by atoms with Crippen molar-refractivity contribution in [1.82, 2.24) is 9.55 Å². The molecule has 1 saturated carbocycles. The molecule has 0 unspecified atom stereocenters. The zero-order valence-electron chi connectivity index (χ0n) is 17.7. The quantitative estimate of drug-likeness (QED) is 0.563. The van der Waals surface area contributed by atoms with Gasteiger partial charge in [-0.2, -0.15) is 18.4 Å². The highest BCUT2D eigenvalue weighted by Gasteiger charge is 2.59. The second kappa shape index (κ2) is 7.78. The van der Waals surface area contributed by atoms with Crippen LogP contribution in [-0.2, 0) is 17.5 Å². The van der Waals surface area contributed by atoms with Crippen molar-refractivity contribution >= 4 is 45.5 Å². The van der Waals surface area contributed by atoms with Crippen LogP contribution in [0, 0.1) is 11.3 Å². The predicted molar refractivity (Wildman–Crippen MR) is 122 cm³/mol. The lowest BCUT2D eigenvalue weighted by atomic mass is 9.75. The summed E-state index contributed by atoms with van der Waals surface area (Å²) in [5, 5.41) is 19.4. The fraction of sp³-hybridized carbons (Fsp3) is 0.304. The molecule has 1 spiro atoms. The summed E-state index contributed by atoms with van der Waals surface area (Å²) in [5.41, 5.74) is -1.60. The van der Waals surface area contributed by atoms with E-state index in [0.29, 0.717) is 25.1 Å². The van der Waals surface area contributed by atoms with Crippen LogP contribution in [0.5, 0.6) is 0 Å². The summed E-state index contributed by atoms with van der Waals surface area (Å²) in [7, 11) is 0. The van der Waals surface area contributed by atoms with Crippen molar-refractivity contribution in [2.24, 2.45) is 0 Å².